The third kappa shape index (κ3) is 2.35. The van der Waals surface area contributed by atoms with Crippen LogP contribution in [-0.2, 0) is 4.79 Å². The third-order valence-corrected chi connectivity index (χ3v) is 9.08. The minimum Gasteiger partial charge on any atom is -0.396 e. The van der Waals surface area contributed by atoms with Crippen molar-refractivity contribution in [3.63, 3.8) is 0 Å². The standard InChI is InChI=1S/C23H36O2/c1-16-20-14-19-12-11-18(10-6-7-13-24)23(20,15-21(16)25)22(19,2)17-8-4-3-5-9-17/h17-19,24H,3-15H2,1-2H3/t18-,19-,22+,23+/m1/s1. The molecule has 140 valence electrons. The highest BCUT2D eigenvalue weighted by atomic mass is 16.2. The van der Waals surface area contributed by atoms with Gasteiger partial charge in [-0.3, -0.25) is 4.79 Å². The lowest BCUT2D eigenvalue weighted by molar-refractivity contribution is -0.126. The Labute approximate surface area is 153 Å². The van der Waals surface area contributed by atoms with Crippen LogP contribution in [0.3, 0.4) is 0 Å². The molecule has 2 nitrogen and oxygen atoms in total. The fourth-order valence-electron chi connectivity index (χ4n) is 7.84. The molecule has 0 radical (unpaired) electrons. The monoisotopic (exact) mass is 344 g/mol. The molecule has 3 fully saturated rings. The van der Waals surface area contributed by atoms with Crippen LogP contribution < -0.4 is 0 Å². The van der Waals surface area contributed by atoms with Crippen LogP contribution >= 0.6 is 0 Å². The van der Waals surface area contributed by atoms with Gasteiger partial charge in [-0.25, -0.2) is 0 Å². The largest absolute Gasteiger partial charge is 0.396 e. The van der Waals surface area contributed by atoms with Crippen molar-refractivity contribution in [1.29, 1.82) is 0 Å². The lowest BCUT2D eigenvalue weighted by Gasteiger charge is -2.58. The van der Waals surface area contributed by atoms with Crippen molar-refractivity contribution in [1.82, 2.24) is 0 Å². The molecule has 0 heterocycles. The van der Waals surface area contributed by atoms with Gasteiger partial charge in [0.25, 0.3) is 0 Å². The zero-order valence-corrected chi connectivity index (χ0v) is 16.3. The number of hydrogen-bond donors (Lipinski definition) is 1. The van der Waals surface area contributed by atoms with Crippen molar-refractivity contribution in [2.24, 2.45) is 28.6 Å². The van der Waals surface area contributed by atoms with Gasteiger partial charge in [0, 0.05) is 18.4 Å². The molecule has 0 unspecified atom stereocenters. The van der Waals surface area contributed by atoms with Crippen molar-refractivity contribution < 1.29 is 9.90 Å². The van der Waals surface area contributed by atoms with E-state index in [4.69, 9.17) is 0 Å². The molecule has 1 spiro atoms. The van der Waals surface area contributed by atoms with Gasteiger partial charge < -0.3 is 5.11 Å². The SMILES string of the molecule is CC1=C2C[C@H]3CC[C@@H](CCCCO)[C@]2(CC1=O)[C@@]3(C)C1CCCCC1. The quantitative estimate of drug-likeness (QED) is 0.674. The van der Waals surface area contributed by atoms with E-state index in [1.165, 1.54) is 57.8 Å². The van der Waals surface area contributed by atoms with E-state index in [2.05, 4.69) is 13.8 Å². The first-order valence-electron chi connectivity index (χ1n) is 10.9. The highest BCUT2D eigenvalue weighted by Crippen LogP contribution is 2.76. The lowest BCUT2D eigenvalue weighted by Crippen LogP contribution is -2.52. The summed E-state index contributed by atoms with van der Waals surface area (Å²) in [5.74, 6) is 2.75. The van der Waals surface area contributed by atoms with Gasteiger partial charge in [-0.15, -0.1) is 0 Å². The Bertz CT molecular complexity index is 571. The molecule has 3 saturated carbocycles. The number of fused-ring (bicyclic) bond motifs is 1. The Morgan fingerprint density at radius 1 is 1.04 bits per heavy atom. The Balaban J connectivity index is 1.75. The third-order valence-electron chi connectivity index (χ3n) is 9.08. The summed E-state index contributed by atoms with van der Waals surface area (Å²) < 4.78 is 0. The summed E-state index contributed by atoms with van der Waals surface area (Å²) in [6.45, 7) is 5.03. The number of aliphatic hydroxyl groups excluding tert-OH is 1. The molecule has 1 N–H and O–H groups in total. The van der Waals surface area contributed by atoms with Crippen LogP contribution in [0.5, 0.6) is 0 Å². The number of aliphatic hydroxyl groups is 1. The number of ketones is 1. The van der Waals surface area contributed by atoms with E-state index in [0.29, 0.717) is 23.7 Å². The second-order valence-corrected chi connectivity index (χ2v) is 9.69. The average molecular weight is 345 g/mol. The zero-order chi connectivity index (χ0) is 17.7. The Hall–Kier alpha value is -0.630. The summed E-state index contributed by atoms with van der Waals surface area (Å²) in [6, 6.07) is 0. The molecule has 2 heteroatoms. The average Bonchev–Trinajstić information content (AvgIpc) is 2.94. The summed E-state index contributed by atoms with van der Waals surface area (Å²) in [7, 11) is 0. The normalized spacial score (nSPS) is 41.5. The molecule has 25 heavy (non-hydrogen) atoms. The Morgan fingerprint density at radius 3 is 2.52 bits per heavy atom. The first kappa shape index (κ1) is 17.8. The number of unbranched alkanes of at least 4 members (excludes halogenated alkanes) is 1. The minimum absolute atomic E-state index is 0.175. The number of carbonyl (C=O) groups is 1. The van der Waals surface area contributed by atoms with E-state index in [9.17, 15) is 9.90 Å². The van der Waals surface area contributed by atoms with Crippen LogP contribution in [0.2, 0.25) is 0 Å². The fraction of sp³-hybridized carbons (Fsp3) is 0.870. The molecule has 0 amide bonds. The fourth-order valence-corrected chi connectivity index (χ4v) is 7.84. The molecule has 0 aromatic rings. The second kappa shape index (κ2) is 6.51. The van der Waals surface area contributed by atoms with Crippen molar-refractivity contribution >= 4 is 5.78 Å². The zero-order valence-electron chi connectivity index (χ0n) is 16.3. The van der Waals surface area contributed by atoms with Gasteiger partial charge in [0.1, 0.15) is 0 Å². The number of hydrogen-bond acceptors (Lipinski definition) is 2. The first-order chi connectivity index (χ1) is 12.1. The van der Waals surface area contributed by atoms with E-state index in [1.54, 1.807) is 5.57 Å². The predicted octanol–water partition coefficient (Wildman–Crippen LogP) is 5.44. The molecule has 4 aliphatic carbocycles. The smallest absolute Gasteiger partial charge is 0.159 e. The molecule has 0 aliphatic heterocycles. The highest BCUT2D eigenvalue weighted by Gasteiger charge is 2.69. The van der Waals surface area contributed by atoms with Crippen molar-refractivity contribution in [2.45, 2.75) is 90.9 Å². The summed E-state index contributed by atoms with van der Waals surface area (Å²) in [6.07, 6.45) is 14.9. The van der Waals surface area contributed by atoms with Gasteiger partial charge in [-0.1, -0.05) is 38.2 Å². The van der Waals surface area contributed by atoms with Gasteiger partial charge in [-0.2, -0.15) is 0 Å². The Morgan fingerprint density at radius 2 is 1.80 bits per heavy atom. The van der Waals surface area contributed by atoms with Crippen LogP contribution in [0.25, 0.3) is 0 Å². The molecule has 2 bridgehead atoms. The van der Waals surface area contributed by atoms with Crippen molar-refractivity contribution in [2.75, 3.05) is 6.61 Å². The van der Waals surface area contributed by atoms with Gasteiger partial charge in [-0.05, 0) is 80.6 Å². The van der Waals surface area contributed by atoms with E-state index in [-0.39, 0.29) is 5.41 Å². The van der Waals surface area contributed by atoms with Gasteiger partial charge in [0.2, 0.25) is 0 Å². The number of rotatable bonds is 5. The van der Waals surface area contributed by atoms with Gasteiger partial charge in [0.05, 0.1) is 0 Å². The van der Waals surface area contributed by atoms with Gasteiger partial charge in [0.15, 0.2) is 5.78 Å². The summed E-state index contributed by atoms with van der Waals surface area (Å²) >= 11 is 0. The molecule has 4 aliphatic rings. The van der Waals surface area contributed by atoms with Gasteiger partial charge >= 0.3 is 0 Å². The first-order valence-corrected chi connectivity index (χ1v) is 10.9. The topological polar surface area (TPSA) is 37.3 Å². The summed E-state index contributed by atoms with van der Waals surface area (Å²) in [5.41, 5.74) is 3.24. The van der Waals surface area contributed by atoms with E-state index < -0.39 is 0 Å². The molecule has 0 aromatic carbocycles. The van der Waals surface area contributed by atoms with Crippen LogP contribution in [0, 0.1) is 28.6 Å². The maximum Gasteiger partial charge on any atom is 0.159 e. The number of allylic oxidation sites excluding steroid dienone is 2. The van der Waals surface area contributed by atoms with Crippen molar-refractivity contribution in [3.8, 4) is 0 Å². The highest BCUT2D eigenvalue weighted by molar-refractivity contribution is 6.00. The molecule has 0 aromatic heterocycles. The molecular formula is C23H36O2. The second-order valence-electron chi connectivity index (χ2n) is 9.69. The van der Waals surface area contributed by atoms with Crippen LogP contribution in [-0.4, -0.2) is 17.5 Å². The number of carbonyl (C=O) groups excluding carboxylic acids is 1. The summed E-state index contributed by atoms with van der Waals surface area (Å²) in [4.78, 5) is 12.8. The van der Waals surface area contributed by atoms with Crippen LogP contribution in [0.4, 0.5) is 0 Å². The maximum atomic E-state index is 12.8. The van der Waals surface area contributed by atoms with Crippen LogP contribution in [0.1, 0.15) is 90.9 Å². The molecule has 4 atom stereocenters. The van der Waals surface area contributed by atoms with E-state index in [0.717, 1.165) is 36.7 Å². The summed E-state index contributed by atoms with van der Waals surface area (Å²) in [5, 5.41) is 9.24. The minimum atomic E-state index is 0.175. The lowest BCUT2D eigenvalue weighted by atomic mass is 9.45. The maximum absolute atomic E-state index is 12.8. The van der Waals surface area contributed by atoms with E-state index in [1.807, 2.05) is 0 Å². The predicted molar refractivity (Wildman–Crippen MR) is 101 cm³/mol. The molecule has 0 saturated heterocycles. The van der Waals surface area contributed by atoms with E-state index >= 15 is 0 Å². The Kier molecular flexibility index (Phi) is 4.63. The molecular weight excluding hydrogens is 308 g/mol. The number of Topliss-reactive ketones (excluding diaryl/α,β-unsaturated/α-hetero) is 1. The van der Waals surface area contributed by atoms with Crippen LogP contribution in [0.15, 0.2) is 11.1 Å². The molecule has 4 rings (SSSR count). The van der Waals surface area contributed by atoms with Crippen molar-refractivity contribution in [3.05, 3.63) is 11.1 Å².